The van der Waals surface area contributed by atoms with E-state index in [9.17, 15) is 9.59 Å². The Bertz CT molecular complexity index is 1260. The van der Waals surface area contributed by atoms with E-state index in [4.69, 9.17) is 11.1 Å². The molecule has 3 aromatic rings. The minimum atomic E-state index is -0.523. The smallest absolute Gasteiger partial charge is 0.259 e. The molecule has 2 heterocycles. The predicted octanol–water partition coefficient (Wildman–Crippen LogP) is 2.37. The number of amides is 2. The van der Waals surface area contributed by atoms with Gasteiger partial charge in [-0.1, -0.05) is 30.7 Å². The van der Waals surface area contributed by atoms with Crippen LogP contribution in [0.5, 0.6) is 0 Å². The summed E-state index contributed by atoms with van der Waals surface area (Å²) in [6, 6.07) is 8.25. The topological polar surface area (TPSA) is 143 Å². The molecule has 0 unspecified atom stereocenters. The van der Waals surface area contributed by atoms with Gasteiger partial charge in [0.05, 0.1) is 17.2 Å². The van der Waals surface area contributed by atoms with Gasteiger partial charge in [-0.15, -0.1) is 0 Å². The van der Waals surface area contributed by atoms with E-state index in [0.29, 0.717) is 11.6 Å². The van der Waals surface area contributed by atoms with Crippen molar-refractivity contribution in [2.45, 2.75) is 50.1 Å². The van der Waals surface area contributed by atoms with Gasteiger partial charge in [-0.25, -0.2) is 9.97 Å². The number of nitrogens with one attached hydrogen (secondary N) is 2. The zero-order valence-corrected chi connectivity index (χ0v) is 19.6. The molecule has 4 N–H and O–H groups in total. The van der Waals surface area contributed by atoms with Gasteiger partial charge in [-0.3, -0.25) is 19.7 Å². The predicted molar refractivity (Wildman–Crippen MR) is 131 cm³/mol. The molecular formula is C25H28N8O2. The lowest BCUT2D eigenvalue weighted by molar-refractivity contribution is -0.131. The maximum Gasteiger partial charge on any atom is 0.259 e. The molecule has 2 amide bonds. The van der Waals surface area contributed by atoms with Gasteiger partial charge in [0.15, 0.2) is 0 Å². The highest BCUT2D eigenvalue weighted by atomic mass is 16.2. The number of carbonyl (C=O) groups is 2. The van der Waals surface area contributed by atoms with Crippen molar-refractivity contribution in [3.8, 4) is 11.1 Å². The molecule has 180 valence electrons. The van der Waals surface area contributed by atoms with E-state index in [1.54, 1.807) is 30.5 Å². The molecule has 2 fully saturated rings. The third kappa shape index (κ3) is 4.51. The van der Waals surface area contributed by atoms with Crippen molar-refractivity contribution in [3.05, 3.63) is 60.2 Å². The van der Waals surface area contributed by atoms with Crippen molar-refractivity contribution in [2.24, 2.45) is 0 Å². The number of anilines is 1. The zero-order chi connectivity index (χ0) is 24.6. The van der Waals surface area contributed by atoms with Gasteiger partial charge in [0, 0.05) is 37.2 Å². The van der Waals surface area contributed by atoms with Crippen molar-refractivity contribution in [1.82, 2.24) is 30.0 Å². The standard InChI is InChI=1S/C25H28N8O2/c1-32(20-7-8-20)21(34)15-33-14-18(13-30-33)22(35)31-23(26)25(9-2-10-25)19-5-3-16(4-6-19)17-11-28-24(27)29-12-17/h3-6,11-14,20H,2,7-10,15H2,1H3,(H2,26,31,35)(H2,27,28,29). The largest absolute Gasteiger partial charge is 0.368 e. The molecule has 0 saturated heterocycles. The molecule has 0 atom stereocenters. The van der Waals surface area contributed by atoms with Crippen LogP contribution in [0.25, 0.3) is 11.1 Å². The molecule has 2 aromatic heterocycles. The minimum absolute atomic E-state index is 0.0299. The molecule has 0 radical (unpaired) electrons. The van der Waals surface area contributed by atoms with Crippen molar-refractivity contribution in [2.75, 3.05) is 12.8 Å². The van der Waals surface area contributed by atoms with E-state index < -0.39 is 11.3 Å². The summed E-state index contributed by atoms with van der Waals surface area (Å²) in [4.78, 5) is 35.0. The van der Waals surface area contributed by atoms with Crippen molar-refractivity contribution in [3.63, 3.8) is 0 Å². The lowest BCUT2D eigenvalue weighted by Gasteiger charge is -2.42. The monoisotopic (exact) mass is 472 g/mol. The minimum Gasteiger partial charge on any atom is -0.368 e. The number of rotatable bonds is 7. The molecule has 2 aliphatic rings. The van der Waals surface area contributed by atoms with Crippen LogP contribution in [-0.4, -0.2) is 55.4 Å². The van der Waals surface area contributed by atoms with E-state index in [-0.39, 0.29) is 24.2 Å². The fourth-order valence-corrected chi connectivity index (χ4v) is 4.47. The Morgan fingerprint density at radius 3 is 2.43 bits per heavy atom. The van der Waals surface area contributed by atoms with Crippen LogP contribution in [0.4, 0.5) is 5.95 Å². The Kier molecular flexibility index (Phi) is 5.80. The fraction of sp³-hybridized carbons (Fsp3) is 0.360. The van der Waals surface area contributed by atoms with E-state index >= 15 is 0 Å². The number of hydrogen-bond acceptors (Lipinski definition) is 7. The molecule has 1 aromatic carbocycles. The number of benzene rings is 1. The maximum atomic E-state index is 12.9. The van der Waals surface area contributed by atoms with Gasteiger partial charge in [0.25, 0.3) is 5.91 Å². The first-order chi connectivity index (χ1) is 16.9. The Balaban J connectivity index is 1.25. The molecule has 35 heavy (non-hydrogen) atoms. The molecule has 10 nitrogen and oxygen atoms in total. The third-order valence-corrected chi connectivity index (χ3v) is 7.05. The van der Waals surface area contributed by atoms with Crippen molar-refractivity contribution < 1.29 is 9.59 Å². The molecule has 2 aliphatic carbocycles. The molecule has 0 aliphatic heterocycles. The molecule has 10 heteroatoms. The second-order valence-electron chi connectivity index (χ2n) is 9.33. The second-order valence-corrected chi connectivity index (χ2v) is 9.33. The van der Waals surface area contributed by atoms with Gasteiger partial charge in [0.2, 0.25) is 11.9 Å². The molecule has 0 bridgehead atoms. The van der Waals surface area contributed by atoms with Crippen LogP contribution in [0.2, 0.25) is 0 Å². The Morgan fingerprint density at radius 2 is 1.83 bits per heavy atom. The first-order valence-corrected chi connectivity index (χ1v) is 11.7. The Morgan fingerprint density at radius 1 is 1.14 bits per heavy atom. The van der Waals surface area contributed by atoms with Crippen LogP contribution in [0.3, 0.4) is 0 Å². The molecule has 2 saturated carbocycles. The van der Waals surface area contributed by atoms with Crippen LogP contribution in [-0.2, 0) is 16.8 Å². The van der Waals surface area contributed by atoms with E-state index in [0.717, 1.165) is 48.8 Å². The molecule has 5 rings (SSSR count). The highest BCUT2D eigenvalue weighted by Crippen LogP contribution is 2.44. The summed E-state index contributed by atoms with van der Waals surface area (Å²) in [5.41, 5.74) is 8.17. The van der Waals surface area contributed by atoms with E-state index in [1.165, 1.54) is 10.9 Å². The van der Waals surface area contributed by atoms with Crippen LogP contribution in [0.1, 0.15) is 48.0 Å². The summed E-state index contributed by atoms with van der Waals surface area (Å²) in [6.07, 6.45) is 11.0. The number of amidine groups is 1. The third-order valence-electron chi connectivity index (χ3n) is 7.05. The average molecular weight is 473 g/mol. The summed E-state index contributed by atoms with van der Waals surface area (Å²) in [5.74, 6) is -0.0239. The first kappa shape index (κ1) is 22.7. The van der Waals surface area contributed by atoms with Gasteiger partial charge < -0.3 is 16.0 Å². The molecular weight excluding hydrogens is 444 g/mol. The molecule has 0 spiro atoms. The second kappa shape index (κ2) is 8.94. The number of nitrogens with zero attached hydrogens (tertiary/aromatic N) is 5. The highest BCUT2D eigenvalue weighted by molar-refractivity contribution is 6.09. The SMILES string of the molecule is CN(C(=O)Cn1cc(C(=O)NC(=N)C2(c3ccc(-c4cnc(N)nc4)cc3)CCC2)cn1)C1CC1. The Hall–Kier alpha value is -4.08. The van der Waals surface area contributed by atoms with Crippen LogP contribution < -0.4 is 11.1 Å². The first-order valence-electron chi connectivity index (χ1n) is 11.7. The highest BCUT2D eigenvalue weighted by Gasteiger charge is 2.43. The quantitative estimate of drug-likeness (QED) is 0.356. The van der Waals surface area contributed by atoms with Crippen LogP contribution >= 0.6 is 0 Å². The summed E-state index contributed by atoms with van der Waals surface area (Å²) >= 11 is 0. The summed E-state index contributed by atoms with van der Waals surface area (Å²) < 4.78 is 1.47. The number of likely N-dealkylation sites (N-methyl/N-ethyl adjacent to an activating group) is 1. The lowest BCUT2D eigenvalue weighted by Crippen LogP contribution is -2.50. The summed E-state index contributed by atoms with van der Waals surface area (Å²) in [6.45, 7) is 0.0903. The van der Waals surface area contributed by atoms with Gasteiger partial charge in [0.1, 0.15) is 12.4 Å². The zero-order valence-electron chi connectivity index (χ0n) is 19.6. The normalized spacial score (nSPS) is 16.3. The number of hydrogen-bond donors (Lipinski definition) is 3. The van der Waals surface area contributed by atoms with Crippen LogP contribution in [0, 0.1) is 5.41 Å². The van der Waals surface area contributed by atoms with Crippen LogP contribution in [0.15, 0.2) is 49.1 Å². The van der Waals surface area contributed by atoms with Crippen molar-refractivity contribution in [1.29, 1.82) is 5.41 Å². The average Bonchev–Trinajstić information content (AvgIpc) is 3.57. The van der Waals surface area contributed by atoms with Gasteiger partial charge >= 0.3 is 0 Å². The van der Waals surface area contributed by atoms with Crippen molar-refractivity contribution >= 4 is 23.6 Å². The number of aromatic nitrogens is 4. The summed E-state index contributed by atoms with van der Waals surface area (Å²) in [5, 5.41) is 15.7. The Labute approximate surface area is 203 Å². The van der Waals surface area contributed by atoms with E-state index in [2.05, 4.69) is 20.4 Å². The van der Waals surface area contributed by atoms with Gasteiger partial charge in [-0.05, 0) is 36.8 Å². The number of nitrogen functional groups attached to an aromatic ring is 1. The number of nitrogens with two attached hydrogens (primary N) is 1. The van der Waals surface area contributed by atoms with Gasteiger partial charge in [-0.2, -0.15) is 5.10 Å². The number of carbonyl (C=O) groups excluding carboxylic acids is 2. The lowest BCUT2D eigenvalue weighted by atomic mass is 9.63. The maximum absolute atomic E-state index is 12.9. The van der Waals surface area contributed by atoms with E-state index in [1.807, 2.05) is 24.3 Å². The fourth-order valence-electron chi connectivity index (χ4n) is 4.47. The summed E-state index contributed by atoms with van der Waals surface area (Å²) in [7, 11) is 1.80.